The maximum Gasteiger partial charge on any atom is 0.338 e. The van der Waals surface area contributed by atoms with Crippen LogP contribution in [0.15, 0.2) is 47.6 Å². The molecule has 0 aliphatic heterocycles. The van der Waals surface area contributed by atoms with Gasteiger partial charge in [-0.15, -0.1) is 0 Å². The molecule has 11 heteroatoms. The molecule has 146 valence electrons. The molecule has 2 aromatic carbocycles. The molecule has 0 aliphatic carbocycles. The molecule has 0 atom stereocenters. The Morgan fingerprint density at radius 2 is 1.71 bits per heavy atom. The molecule has 0 fully saturated rings. The zero-order valence-electron chi connectivity index (χ0n) is 14.3. The summed E-state index contributed by atoms with van der Waals surface area (Å²) in [5, 5.41) is 13.3. The smallest absolute Gasteiger partial charge is 0.338 e. The number of nitrogens with zero attached hydrogens (tertiary/aromatic N) is 2. The number of primary amides is 1. The van der Waals surface area contributed by atoms with Crippen molar-refractivity contribution in [1.29, 1.82) is 0 Å². The number of aromatic carboxylic acids is 1. The van der Waals surface area contributed by atoms with E-state index in [1.807, 2.05) is 0 Å². The van der Waals surface area contributed by atoms with Crippen LogP contribution in [0.1, 0.15) is 31.1 Å². The second-order valence-electron chi connectivity index (χ2n) is 5.40. The van der Waals surface area contributed by atoms with Crippen LogP contribution in [0.3, 0.4) is 0 Å². The summed E-state index contributed by atoms with van der Waals surface area (Å²) in [6, 6.07) is 9.03. The number of amidine groups is 1. The lowest BCUT2D eigenvalue weighted by Crippen LogP contribution is -2.37. The van der Waals surface area contributed by atoms with Crippen molar-refractivity contribution in [3.05, 3.63) is 65.0 Å². The number of hydrogen-bond acceptors (Lipinski definition) is 7. The number of nitrogens with two attached hydrogens (primary N) is 3. The van der Waals surface area contributed by atoms with Gasteiger partial charge in [-0.1, -0.05) is 23.9 Å². The Morgan fingerprint density at radius 1 is 1.11 bits per heavy atom. The average molecular weight is 405 g/mol. The standard InChI is InChI=1S/C17H16FN5O4S/c18-13-7-11(5-6-12(13)16(26)27)23(21)17(22-20)28-8-14(24)9-1-3-10(4-2-9)15(19)25/h1-7H,8,20-21H2,(H2,19,25)(H,26,27)/b22-17+. The van der Waals surface area contributed by atoms with Crippen LogP contribution in [-0.4, -0.2) is 33.7 Å². The molecule has 2 rings (SSSR count). The summed E-state index contributed by atoms with van der Waals surface area (Å²) < 4.78 is 13.8. The van der Waals surface area contributed by atoms with Gasteiger partial charge in [0.1, 0.15) is 5.82 Å². The quantitative estimate of drug-likeness (QED) is 0.183. The molecule has 0 spiro atoms. The normalized spacial score (nSPS) is 11.1. The van der Waals surface area contributed by atoms with Gasteiger partial charge in [0.25, 0.3) is 0 Å². The summed E-state index contributed by atoms with van der Waals surface area (Å²) in [6.45, 7) is 0. The first-order valence-corrected chi connectivity index (χ1v) is 8.64. The highest BCUT2D eigenvalue weighted by Gasteiger charge is 2.17. The molecular formula is C17H16FN5O4S. The average Bonchev–Trinajstić information content (AvgIpc) is 2.67. The Morgan fingerprint density at radius 3 is 2.21 bits per heavy atom. The van der Waals surface area contributed by atoms with Crippen molar-refractivity contribution in [2.24, 2.45) is 22.5 Å². The van der Waals surface area contributed by atoms with Crippen molar-refractivity contribution >= 4 is 40.3 Å². The van der Waals surface area contributed by atoms with Crippen molar-refractivity contribution in [2.45, 2.75) is 0 Å². The first-order chi connectivity index (χ1) is 13.2. The second kappa shape index (κ2) is 8.97. The van der Waals surface area contributed by atoms with E-state index in [1.165, 1.54) is 30.3 Å². The summed E-state index contributed by atoms with van der Waals surface area (Å²) >= 11 is 0.900. The minimum Gasteiger partial charge on any atom is -0.478 e. The molecule has 28 heavy (non-hydrogen) atoms. The van der Waals surface area contributed by atoms with Crippen LogP contribution in [0, 0.1) is 5.82 Å². The summed E-state index contributed by atoms with van der Waals surface area (Å²) in [6.07, 6.45) is 0. The third-order valence-electron chi connectivity index (χ3n) is 3.60. The molecule has 0 heterocycles. The Bertz CT molecular complexity index is 949. The van der Waals surface area contributed by atoms with E-state index in [-0.39, 0.29) is 28.0 Å². The number of benzene rings is 2. The fourth-order valence-corrected chi connectivity index (χ4v) is 2.89. The van der Waals surface area contributed by atoms with E-state index in [1.54, 1.807) is 0 Å². The van der Waals surface area contributed by atoms with Crippen LogP contribution in [0.25, 0.3) is 0 Å². The Hall–Kier alpha value is -3.44. The third-order valence-corrected chi connectivity index (χ3v) is 4.57. The molecule has 0 saturated heterocycles. The van der Waals surface area contributed by atoms with Gasteiger partial charge in [0.2, 0.25) is 11.1 Å². The zero-order chi connectivity index (χ0) is 20.8. The number of rotatable bonds is 6. The van der Waals surface area contributed by atoms with E-state index in [9.17, 15) is 18.8 Å². The number of carboxylic acids is 1. The molecule has 7 N–H and O–H groups in total. The number of ketones is 1. The van der Waals surface area contributed by atoms with Crippen LogP contribution in [-0.2, 0) is 0 Å². The third kappa shape index (κ3) is 4.84. The Labute approximate surface area is 162 Å². The van der Waals surface area contributed by atoms with Gasteiger partial charge in [-0.3, -0.25) is 14.6 Å². The van der Waals surface area contributed by atoms with Gasteiger partial charge in [-0.2, -0.15) is 5.10 Å². The second-order valence-corrected chi connectivity index (χ2v) is 6.35. The van der Waals surface area contributed by atoms with Crippen molar-refractivity contribution in [3.63, 3.8) is 0 Å². The summed E-state index contributed by atoms with van der Waals surface area (Å²) in [4.78, 5) is 34.2. The molecule has 0 unspecified atom stereocenters. The molecule has 1 amide bonds. The minimum atomic E-state index is -1.41. The van der Waals surface area contributed by atoms with E-state index >= 15 is 0 Å². The number of hydrogen-bond donors (Lipinski definition) is 4. The molecule has 2 aromatic rings. The largest absolute Gasteiger partial charge is 0.478 e. The SMILES string of the molecule is N/N=C(/SCC(=O)c1ccc(C(N)=O)cc1)N(N)c1ccc(C(=O)O)c(F)c1. The highest BCUT2D eigenvalue weighted by Crippen LogP contribution is 2.20. The predicted octanol–water partition coefficient (Wildman–Crippen LogP) is 1.15. The van der Waals surface area contributed by atoms with Crippen molar-refractivity contribution in [1.82, 2.24) is 0 Å². The molecule has 0 radical (unpaired) electrons. The van der Waals surface area contributed by atoms with Crippen LogP contribution in [0.2, 0.25) is 0 Å². The lowest BCUT2D eigenvalue weighted by atomic mass is 10.1. The van der Waals surface area contributed by atoms with Gasteiger partial charge in [0.15, 0.2) is 5.78 Å². The van der Waals surface area contributed by atoms with Crippen molar-refractivity contribution in [2.75, 3.05) is 10.8 Å². The minimum absolute atomic E-state index is 0.00424. The first kappa shape index (κ1) is 20.9. The number of anilines is 1. The maximum atomic E-state index is 13.8. The first-order valence-electron chi connectivity index (χ1n) is 7.66. The van der Waals surface area contributed by atoms with Gasteiger partial charge < -0.3 is 16.7 Å². The van der Waals surface area contributed by atoms with Crippen LogP contribution >= 0.6 is 11.8 Å². The number of carbonyl (C=O) groups excluding carboxylic acids is 2. The number of carboxylic acid groups (broad SMARTS) is 1. The Kier molecular flexibility index (Phi) is 6.69. The van der Waals surface area contributed by atoms with Gasteiger partial charge in [-0.05, 0) is 30.3 Å². The van der Waals surface area contributed by atoms with Crippen LogP contribution in [0.4, 0.5) is 10.1 Å². The zero-order valence-corrected chi connectivity index (χ0v) is 15.1. The predicted molar refractivity (Wildman–Crippen MR) is 103 cm³/mol. The molecule has 9 nitrogen and oxygen atoms in total. The fourth-order valence-electron chi connectivity index (χ4n) is 2.14. The van der Waals surface area contributed by atoms with Gasteiger partial charge in [-0.25, -0.2) is 15.0 Å². The van der Waals surface area contributed by atoms with Gasteiger partial charge in [0, 0.05) is 11.1 Å². The summed E-state index contributed by atoms with van der Waals surface area (Å²) in [5.74, 6) is 7.77. The highest BCUT2D eigenvalue weighted by atomic mass is 32.2. The van der Waals surface area contributed by atoms with E-state index in [2.05, 4.69) is 5.10 Å². The molecule has 0 aromatic heterocycles. The summed E-state index contributed by atoms with van der Waals surface area (Å²) in [5.41, 5.74) is 5.34. The summed E-state index contributed by atoms with van der Waals surface area (Å²) in [7, 11) is 0. The molecule has 0 bridgehead atoms. The number of thioether (sulfide) groups is 1. The maximum absolute atomic E-state index is 13.8. The fraction of sp³-hybridized carbons (Fsp3) is 0.0588. The lowest BCUT2D eigenvalue weighted by Gasteiger charge is -2.19. The highest BCUT2D eigenvalue weighted by molar-refractivity contribution is 8.14. The van der Waals surface area contributed by atoms with E-state index < -0.39 is 23.3 Å². The van der Waals surface area contributed by atoms with Crippen molar-refractivity contribution < 1.29 is 23.9 Å². The monoisotopic (exact) mass is 405 g/mol. The van der Waals surface area contributed by atoms with E-state index in [4.69, 9.17) is 22.5 Å². The number of amides is 1. The molecular weight excluding hydrogens is 389 g/mol. The van der Waals surface area contributed by atoms with E-state index in [0.717, 1.165) is 28.9 Å². The number of halogens is 1. The van der Waals surface area contributed by atoms with Crippen molar-refractivity contribution in [3.8, 4) is 0 Å². The van der Waals surface area contributed by atoms with Gasteiger partial charge >= 0.3 is 5.97 Å². The van der Waals surface area contributed by atoms with E-state index in [0.29, 0.717) is 5.56 Å². The lowest BCUT2D eigenvalue weighted by molar-refractivity contribution is 0.0691. The number of hydrazine groups is 1. The number of carbonyl (C=O) groups is 3. The number of Topliss-reactive ketones (excluding diaryl/α,β-unsaturated/α-hetero) is 1. The molecule has 0 aliphatic rings. The topological polar surface area (TPSA) is 165 Å². The van der Waals surface area contributed by atoms with Crippen LogP contribution < -0.4 is 22.4 Å². The number of hydrazone groups is 1. The Balaban J connectivity index is 2.07. The van der Waals surface area contributed by atoms with Crippen LogP contribution in [0.5, 0.6) is 0 Å². The van der Waals surface area contributed by atoms with Gasteiger partial charge in [0.05, 0.1) is 17.0 Å². The molecule has 0 saturated carbocycles.